The third-order valence-corrected chi connectivity index (χ3v) is 12.8. The van der Waals surface area contributed by atoms with E-state index in [1.807, 2.05) is 0 Å². The number of furan rings is 1. The average Bonchev–Trinajstić information content (AvgIpc) is 3.87. The zero-order chi connectivity index (χ0) is 41.6. The van der Waals surface area contributed by atoms with Crippen molar-refractivity contribution in [1.29, 1.82) is 0 Å². The van der Waals surface area contributed by atoms with Crippen molar-refractivity contribution < 1.29 is 4.42 Å². The first kappa shape index (κ1) is 37.5. The lowest BCUT2D eigenvalue weighted by Gasteiger charge is -2.15. The summed E-state index contributed by atoms with van der Waals surface area (Å²) in [5.74, 6) is 0.542. The van der Waals surface area contributed by atoms with Crippen LogP contribution < -0.4 is 0 Å². The van der Waals surface area contributed by atoms with E-state index >= 15 is 0 Å². The highest BCUT2D eigenvalue weighted by Gasteiger charge is 2.18. The summed E-state index contributed by atoms with van der Waals surface area (Å²) >= 11 is 0. The van der Waals surface area contributed by atoms with Gasteiger partial charge in [0.2, 0.25) is 0 Å². The number of allylic oxidation sites excluding steroid dienone is 3. The second kappa shape index (κ2) is 15.8. The second-order valence-electron chi connectivity index (χ2n) is 16.6. The van der Waals surface area contributed by atoms with E-state index in [0.717, 1.165) is 80.4 Å². The van der Waals surface area contributed by atoms with Crippen LogP contribution in [0.4, 0.5) is 0 Å². The van der Waals surface area contributed by atoms with Crippen LogP contribution in [0.15, 0.2) is 210 Å². The van der Waals surface area contributed by atoms with Gasteiger partial charge in [-0.1, -0.05) is 153 Å². The van der Waals surface area contributed by atoms with E-state index in [2.05, 4.69) is 219 Å². The summed E-state index contributed by atoms with van der Waals surface area (Å²) in [6.45, 7) is 4.55. The molecule has 0 N–H and O–H groups in total. The van der Waals surface area contributed by atoms with Gasteiger partial charge in [0.05, 0.1) is 22.4 Å². The molecule has 2 aromatic heterocycles. The van der Waals surface area contributed by atoms with E-state index < -0.39 is 0 Å². The molecule has 0 amide bonds. The minimum atomic E-state index is 0.542. The standard InChI is InChI=1S/C59H46N2O/c1-3-39(2)40-27-31-48(32-28-40)61-55-25-11-10-22-50(55)51-36-44(29-33-56(51)61)45-30-34-57-52(37-45)59-49(23-14-26-58(59)62-57)46-20-12-21-47(35-46)53-24-13-19-43(41-15-6-4-7-16-41)38-54(60-53)42-17-8-5-9-18-42/h4-12,14-18,20-39H,3,13,19H2,1-2H3/b43-38-,53-24?,60-54?. The Hall–Kier alpha value is -7.49. The maximum atomic E-state index is 6.56. The van der Waals surface area contributed by atoms with Crippen LogP contribution >= 0.6 is 0 Å². The number of hydrogen-bond acceptors (Lipinski definition) is 2. The molecule has 0 spiro atoms. The number of rotatable bonds is 8. The Kier molecular flexibility index (Phi) is 9.58. The molecule has 1 unspecified atom stereocenters. The van der Waals surface area contributed by atoms with Crippen molar-refractivity contribution in [2.24, 2.45) is 4.99 Å². The molecule has 1 aliphatic heterocycles. The van der Waals surface area contributed by atoms with E-state index in [0.29, 0.717) is 5.92 Å². The molecule has 0 aliphatic carbocycles. The van der Waals surface area contributed by atoms with Crippen molar-refractivity contribution in [3.63, 3.8) is 0 Å². The van der Waals surface area contributed by atoms with Crippen LogP contribution in [0.5, 0.6) is 0 Å². The van der Waals surface area contributed by atoms with Gasteiger partial charge in [-0.25, -0.2) is 4.99 Å². The number of aromatic nitrogens is 1. The summed E-state index contributed by atoms with van der Waals surface area (Å²) in [4.78, 5) is 5.39. The van der Waals surface area contributed by atoms with Gasteiger partial charge in [0.15, 0.2) is 0 Å². The van der Waals surface area contributed by atoms with E-state index in [1.54, 1.807) is 0 Å². The summed E-state index contributed by atoms with van der Waals surface area (Å²) in [6, 6.07) is 67.9. The molecule has 1 atom stereocenters. The van der Waals surface area contributed by atoms with Crippen LogP contribution in [-0.2, 0) is 0 Å². The Balaban J connectivity index is 0.990. The van der Waals surface area contributed by atoms with E-state index in [-0.39, 0.29) is 0 Å². The minimum Gasteiger partial charge on any atom is -0.456 e. The van der Waals surface area contributed by atoms with Crippen molar-refractivity contribution in [2.45, 2.75) is 39.0 Å². The molecule has 298 valence electrons. The van der Waals surface area contributed by atoms with Gasteiger partial charge in [0.25, 0.3) is 0 Å². The maximum Gasteiger partial charge on any atom is 0.136 e. The van der Waals surface area contributed by atoms with Crippen LogP contribution in [0.25, 0.3) is 83.0 Å². The molecule has 62 heavy (non-hydrogen) atoms. The fraction of sp³-hybridized carbons (Fsp3) is 0.102. The highest BCUT2D eigenvalue weighted by atomic mass is 16.3. The molecule has 1 aliphatic rings. The monoisotopic (exact) mass is 798 g/mol. The highest BCUT2D eigenvalue weighted by molar-refractivity contribution is 6.16. The molecule has 3 nitrogen and oxygen atoms in total. The predicted molar refractivity (Wildman–Crippen MR) is 262 cm³/mol. The Labute approximate surface area is 362 Å². The SMILES string of the molecule is CCC(C)c1ccc(-n2c3ccccc3c3cc(-c4ccc5oc6cccc(-c7cccc(C8=CCC/C(c9ccccc9)=C/C(c9ccccc9)=N8)c7)c6c5c4)ccc32)cc1. The zero-order valence-electron chi connectivity index (χ0n) is 35.1. The summed E-state index contributed by atoms with van der Waals surface area (Å²) in [7, 11) is 0. The first-order chi connectivity index (χ1) is 30.6. The molecular weight excluding hydrogens is 753 g/mol. The van der Waals surface area contributed by atoms with E-state index in [4.69, 9.17) is 9.41 Å². The van der Waals surface area contributed by atoms with Crippen LogP contribution in [0.1, 0.15) is 61.3 Å². The van der Waals surface area contributed by atoms with Crippen LogP contribution in [-0.4, -0.2) is 10.3 Å². The van der Waals surface area contributed by atoms with Crippen molar-refractivity contribution in [1.82, 2.24) is 4.57 Å². The summed E-state index contributed by atoms with van der Waals surface area (Å²) in [5, 5.41) is 4.72. The average molecular weight is 799 g/mol. The molecule has 10 aromatic rings. The van der Waals surface area contributed by atoms with Crippen LogP contribution in [0.2, 0.25) is 0 Å². The lowest BCUT2D eigenvalue weighted by atomic mass is 9.94. The van der Waals surface area contributed by atoms with Crippen molar-refractivity contribution >= 4 is 60.7 Å². The van der Waals surface area contributed by atoms with Crippen LogP contribution in [0, 0.1) is 0 Å². The Bertz CT molecular complexity index is 3380. The number of hydrogen-bond donors (Lipinski definition) is 0. The number of para-hydroxylation sites is 1. The van der Waals surface area contributed by atoms with E-state index in [1.165, 1.54) is 49.8 Å². The smallest absolute Gasteiger partial charge is 0.136 e. The van der Waals surface area contributed by atoms with Gasteiger partial charge in [-0.3, -0.25) is 0 Å². The Morgan fingerprint density at radius 1 is 0.548 bits per heavy atom. The van der Waals surface area contributed by atoms with Gasteiger partial charge < -0.3 is 8.98 Å². The predicted octanol–water partition coefficient (Wildman–Crippen LogP) is 16.2. The lowest BCUT2D eigenvalue weighted by Crippen LogP contribution is -2.02. The largest absolute Gasteiger partial charge is 0.456 e. The zero-order valence-corrected chi connectivity index (χ0v) is 35.1. The fourth-order valence-electron chi connectivity index (χ4n) is 9.34. The molecular formula is C59H46N2O. The molecule has 0 radical (unpaired) electrons. The van der Waals surface area contributed by atoms with Gasteiger partial charge in [-0.15, -0.1) is 0 Å². The number of fused-ring (bicyclic) bond motifs is 6. The molecule has 0 saturated carbocycles. The normalized spacial score (nSPS) is 14.6. The van der Waals surface area contributed by atoms with Crippen molar-refractivity contribution in [3.05, 3.63) is 222 Å². The molecule has 0 bridgehead atoms. The van der Waals surface area contributed by atoms with Crippen molar-refractivity contribution in [2.75, 3.05) is 0 Å². The quantitative estimate of drug-likeness (QED) is 0.151. The first-order valence-electron chi connectivity index (χ1n) is 21.9. The lowest BCUT2D eigenvalue weighted by molar-refractivity contribution is 0.669. The van der Waals surface area contributed by atoms with Crippen LogP contribution in [0.3, 0.4) is 0 Å². The van der Waals surface area contributed by atoms with Gasteiger partial charge in [-0.05, 0) is 125 Å². The third-order valence-electron chi connectivity index (χ3n) is 12.8. The molecule has 0 saturated heterocycles. The molecule has 3 heteroatoms. The molecule has 3 heterocycles. The van der Waals surface area contributed by atoms with Gasteiger partial charge >= 0.3 is 0 Å². The van der Waals surface area contributed by atoms with Gasteiger partial charge in [0.1, 0.15) is 11.2 Å². The topological polar surface area (TPSA) is 30.4 Å². The van der Waals surface area contributed by atoms with Gasteiger partial charge in [-0.2, -0.15) is 0 Å². The minimum absolute atomic E-state index is 0.542. The van der Waals surface area contributed by atoms with Crippen molar-refractivity contribution in [3.8, 4) is 27.9 Å². The van der Waals surface area contributed by atoms with Gasteiger partial charge in [0, 0.05) is 38.4 Å². The molecule has 0 fully saturated rings. The Morgan fingerprint density at radius 2 is 1.23 bits per heavy atom. The maximum absolute atomic E-state index is 6.56. The summed E-state index contributed by atoms with van der Waals surface area (Å²) in [5.41, 5.74) is 18.0. The second-order valence-corrected chi connectivity index (χ2v) is 16.6. The highest BCUT2D eigenvalue weighted by Crippen LogP contribution is 2.41. The number of aliphatic imine (C=N–C) groups is 1. The fourth-order valence-corrected chi connectivity index (χ4v) is 9.34. The van der Waals surface area contributed by atoms with E-state index in [9.17, 15) is 0 Å². The molecule has 11 rings (SSSR count). The third kappa shape index (κ3) is 6.76. The molecule has 8 aromatic carbocycles. The Morgan fingerprint density at radius 3 is 2.03 bits per heavy atom. The number of benzene rings is 8. The first-order valence-corrected chi connectivity index (χ1v) is 21.9. The summed E-state index contributed by atoms with van der Waals surface area (Å²) < 4.78 is 8.96. The number of nitrogens with zero attached hydrogens (tertiary/aromatic N) is 2. The summed E-state index contributed by atoms with van der Waals surface area (Å²) in [6.07, 6.45) is 7.54.